The number of hydrogen-bond acceptors (Lipinski definition) is 2. The van der Waals surface area contributed by atoms with Crippen LogP contribution in [0.1, 0.15) is 58.8 Å². The molecule has 0 amide bonds. The second kappa shape index (κ2) is 9.69. The van der Waals surface area contributed by atoms with Gasteiger partial charge >= 0.3 is 0 Å². The van der Waals surface area contributed by atoms with Crippen LogP contribution in [-0.4, -0.2) is 23.4 Å². The van der Waals surface area contributed by atoms with E-state index >= 15 is 0 Å². The Morgan fingerprint density at radius 1 is 1.06 bits per heavy atom. The minimum Gasteiger partial charge on any atom is -0.396 e. The average Bonchev–Trinajstić information content (AvgIpc) is 2.31. The first-order valence-corrected chi connectivity index (χ1v) is 6.40. The van der Waals surface area contributed by atoms with Gasteiger partial charge in [-0.15, -0.1) is 5.92 Å². The van der Waals surface area contributed by atoms with Crippen molar-refractivity contribution in [1.82, 2.24) is 0 Å². The second-order valence-corrected chi connectivity index (χ2v) is 4.66. The van der Waals surface area contributed by atoms with Gasteiger partial charge in [-0.2, -0.15) is 0 Å². The fourth-order valence-corrected chi connectivity index (χ4v) is 1.57. The van der Waals surface area contributed by atoms with Gasteiger partial charge in [-0.25, -0.2) is 0 Å². The Morgan fingerprint density at radius 3 is 2.38 bits per heavy atom. The molecule has 2 N–H and O–H groups in total. The molecule has 0 aromatic rings. The smallest absolute Gasteiger partial charge is 0.0594 e. The minimum absolute atomic E-state index is 0.0783. The molecule has 0 aliphatic rings. The van der Waals surface area contributed by atoms with Crippen molar-refractivity contribution in [3.63, 3.8) is 0 Å². The molecule has 0 aliphatic heterocycles. The average molecular weight is 226 g/mol. The van der Waals surface area contributed by atoms with E-state index in [-0.39, 0.29) is 18.6 Å². The molecule has 94 valence electrons. The third kappa shape index (κ3) is 7.73. The summed E-state index contributed by atoms with van der Waals surface area (Å²) in [5.74, 6) is 6.30. The van der Waals surface area contributed by atoms with Crippen LogP contribution < -0.4 is 0 Å². The number of aliphatic hydroxyl groups is 2. The van der Waals surface area contributed by atoms with Gasteiger partial charge in [0.15, 0.2) is 0 Å². The summed E-state index contributed by atoms with van der Waals surface area (Å²) in [6.45, 7) is 4.41. The summed E-state index contributed by atoms with van der Waals surface area (Å²) in [6.07, 6.45) is 7.33. The SMILES string of the molecule is CCCCCCC#CC(C)(CO)CCCO. The molecular formula is C14H26O2. The highest BCUT2D eigenvalue weighted by Crippen LogP contribution is 2.21. The van der Waals surface area contributed by atoms with Crippen LogP contribution >= 0.6 is 0 Å². The van der Waals surface area contributed by atoms with Crippen LogP contribution in [0.3, 0.4) is 0 Å². The van der Waals surface area contributed by atoms with Crippen LogP contribution in [-0.2, 0) is 0 Å². The standard InChI is InChI=1S/C14H26O2/c1-3-4-5-6-7-8-10-14(2,13-16)11-9-12-15/h15-16H,3-7,9,11-13H2,1-2H3. The fraction of sp³-hybridized carbons (Fsp3) is 0.857. The lowest BCUT2D eigenvalue weighted by Gasteiger charge is -2.19. The summed E-state index contributed by atoms with van der Waals surface area (Å²) < 4.78 is 0. The Balaban J connectivity index is 3.86. The Kier molecular flexibility index (Phi) is 9.37. The maximum atomic E-state index is 9.27. The maximum absolute atomic E-state index is 9.27. The van der Waals surface area contributed by atoms with Crippen molar-refractivity contribution in [2.75, 3.05) is 13.2 Å². The van der Waals surface area contributed by atoms with E-state index in [0.717, 1.165) is 19.3 Å². The van der Waals surface area contributed by atoms with Crippen LogP contribution in [0, 0.1) is 17.3 Å². The molecule has 0 saturated heterocycles. The molecule has 0 fully saturated rings. The molecule has 2 nitrogen and oxygen atoms in total. The van der Waals surface area contributed by atoms with Crippen LogP contribution in [0.25, 0.3) is 0 Å². The van der Waals surface area contributed by atoms with Crippen molar-refractivity contribution in [2.24, 2.45) is 5.41 Å². The molecule has 0 spiro atoms. The van der Waals surface area contributed by atoms with Crippen molar-refractivity contribution in [3.8, 4) is 11.8 Å². The van der Waals surface area contributed by atoms with Gasteiger partial charge in [-0.1, -0.05) is 32.1 Å². The van der Waals surface area contributed by atoms with Crippen LogP contribution in [0.5, 0.6) is 0 Å². The molecule has 0 aliphatic carbocycles. The summed E-state index contributed by atoms with van der Waals surface area (Å²) in [5, 5.41) is 18.0. The summed E-state index contributed by atoms with van der Waals surface area (Å²) in [4.78, 5) is 0. The number of rotatable bonds is 8. The Hall–Kier alpha value is -0.520. The van der Waals surface area contributed by atoms with Crippen molar-refractivity contribution in [1.29, 1.82) is 0 Å². The molecule has 2 heteroatoms. The van der Waals surface area contributed by atoms with Gasteiger partial charge in [0.05, 0.1) is 12.0 Å². The molecule has 1 unspecified atom stereocenters. The molecule has 0 aromatic carbocycles. The first-order chi connectivity index (χ1) is 7.68. The van der Waals surface area contributed by atoms with Crippen molar-refractivity contribution < 1.29 is 10.2 Å². The van der Waals surface area contributed by atoms with E-state index < -0.39 is 0 Å². The Bertz CT molecular complexity index is 215. The monoisotopic (exact) mass is 226 g/mol. The van der Waals surface area contributed by atoms with E-state index in [1.54, 1.807) is 0 Å². The van der Waals surface area contributed by atoms with Crippen molar-refractivity contribution >= 4 is 0 Å². The first kappa shape index (κ1) is 15.5. The van der Waals surface area contributed by atoms with Crippen LogP contribution in [0.2, 0.25) is 0 Å². The van der Waals surface area contributed by atoms with E-state index in [0.29, 0.717) is 6.42 Å². The first-order valence-electron chi connectivity index (χ1n) is 6.40. The molecule has 1 atom stereocenters. The normalized spacial score (nSPS) is 14.0. The van der Waals surface area contributed by atoms with Gasteiger partial charge < -0.3 is 10.2 Å². The third-order valence-electron chi connectivity index (χ3n) is 2.78. The molecule has 16 heavy (non-hydrogen) atoms. The highest BCUT2D eigenvalue weighted by atomic mass is 16.3. The van der Waals surface area contributed by atoms with Gasteiger partial charge in [0.2, 0.25) is 0 Å². The minimum atomic E-state index is -0.326. The van der Waals surface area contributed by atoms with E-state index in [1.807, 2.05) is 6.92 Å². The quantitative estimate of drug-likeness (QED) is 0.493. The fourth-order valence-electron chi connectivity index (χ4n) is 1.57. The molecule has 0 radical (unpaired) electrons. The summed E-state index contributed by atoms with van der Waals surface area (Å²) in [7, 11) is 0. The van der Waals surface area contributed by atoms with Gasteiger partial charge in [-0.3, -0.25) is 0 Å². The zero-order valence-electron chi connectivity index (χ0n) is 10.8. The highest BCUT2D eigenvalue weighted by molar-refractivity contribution is 5.10. The largest absolute Gasteiger partial charge is 0.396 e. The Labute approximate surface area is 100 Å². The van der Waals surface area contributed by atoms with Gasteiger partial charge in [-0.05, 0) is 26.2 Å². The number of unbranched alkanes of at least 4 members (excludes halogenated alkanes) is 4. The molecule has 0 bridgehead atoms. The van der Waals surface area contributed by atoms with E-state index in [1.165, 1.54) is 19.3 Å². The second-order valence-electron chi connectivity index (χ2n) is 4.66. The van der Waals surface area contributed by atoms with Gasteiger partial charge in [0.1, 0.15) is 0 Å². The Morgan fingerprint density at radius 2 is 1.81 bits per heavy atom. The zero-order chi connectivity index (χ0) is 12.3. The van der Waals surface area contributed by atoms with Gasteiger partial charge in [0, 0.05) is 13.0 Å². The van der Waals surface area contributed by atoms with E-state index in [4.69, 9.17) is 5.11 Å². The molecular weight excluding hydrogens is 200 g/mol. The topological polar surface area (TPSA) is 40.5 Å². The molecule has 0 aromatic heterocycles. The van der Waals surface area contributed by atoms with Crippen molar-refractivity contribution in [2.45, 2.75) is 58.8 Å². The molecule has 0 saturated carbocycles. The van der Waals surface area contributed by atoms with Crippen LogP contribution in [0.4, 0.5) is 0 Å². The lowest BCUT2D eigenvalue weighted by molar-refractivity contribution is 0.168. The lowest BCUT2D eigenvalue weighted by atomic mass is 9.87. The lowest BCUT2D eigenvalue weighted by Crippen LogP contribution is -2.19. The molecule has 0 heterocycles. The van der Waals surface area contributed by atoms with E-state index in [2.05, 4.69) is 18.8 Å². The zero-order valence-corrected chi connectivity index (χ0v) is 10.8. The molecule has 0 rings (SSSR count). The maximum Gasteiger partial charge on any atom is 0.0594 e. The predicted octanol–water partition coefficient (Wildman–Crippen LogP) is 2.73. The highest BCUT2D eigenvalue weighted by Gasteiger charge is 2.19. The summed E-state index contributed by atoms with van der Waals surface area (Å²) >= 11 is 0. The van der Waals surface area contributed by atoms with Crippen molar-refractivity contribution in [3.05, 3.63) is 0 Å². The number of aliphatic hydroxyl groups excluding tert-OH is 2. The van der Waals surface area contributed by atoms with Gasteiger partial charge in [0.25, 0.3) is 0 Å². The predicted molar refractivity (Wildman–Crippen MR) is 68.0 cm³/mol. The van der Waals surface area contributed by atoms with E-state index in [9.17, 15) is 5.11 Å². The third-order valence-corrected chi connectivity index (χ3v) is 2.78. The summed E-state index contributed by atoms with van der Waals surface area (Å²) in [5.41, 5.74) is -0.326. The van der Waals surface area contributed by atoms with Crippen LogP contribution in [0.15, 0.2) is 0 Å². The number of hydrogen-bond donors (Lipinski definition) is 2. The summed E-state index contributed by atoms with van der Waals surface area (Å²) in [6, 6.07) is 0.